The first-order chi connectivity index (χ1) is 9.49. The molecule has 0 fully saturated rings. The molecule has 2 aromatic rings. The molecule has 0 spiro atoms. The zero-order valence-electron chi connectivity index (χ0n) is 10.8. The highest BCUT2D eigenvalue weighted by Gasteiger charge is 2.14. The minimum absolute atomic E-state index is 0.0658. The van der Waals surface area contributed by atoms with Crippen LogP contribution in [0.2, 0.25) is 5.02 Å². The maximum absolute atomic E-state index is 11.7. The molecule has 0 unspecified atom stereocenters. The van der Waals surface area contributed by atoms with Gasteiger partial charge in [0.1, 0.15) is 11.8 Å². The van der Waals surface area contributed by atoms with Crippen LogP contribution in [0.4, 0.5) is 0 Å². The predicted octanol–water partition coefficient (Wildman–Crippen LogP) is 1.83. The van der Waals surface area contributed by atoms with Gasteiger partial charge in [0, 0.05) is 23.6 Å². The molecule has 1 atom stereocenters. The van der Waals surface area contributed by atoms with E-state index in [2.05, 4.69) is 5.10 Å². The fourth-order valence-corrected chi connectivity index (χ4v) is 2.04. The van der Waals surface area contributed by atoms with Gasteiger partial charge >= 0.3 is 0 Å². The van der Waals surface area contributed by atoms with E-state index in [1.807, 2.05) is 0 Å². The molecule has 0 radical (unpaired) electrons. The van der Waals surface area contributed by atoms with Gasteiger partial charge in [0.15, 0.2) is 5.78 Å². The molecular formula is C14H13ClN2O3. The maximum atomic E-state index is 11.7. The number of ketones is 1. The fraction of sp³-hybridized carbons (Fsp3) is 0.214. The first-order valence-corrected chi connectivity index (χ1v) is 6.38. The SMILES string of the molecule is CC(=O)c1ccc(=O)n(C[C@H](O)c2ccccc2Cl)n1. The summed E-state index contributed by atoms with van der Waals surface area (Å²) in [5.41, 5.74) is 0.299. The number of Topliss-reactive ketones (excluding diaryl/α,β-unsaturated/α-hetero) is 1. The van der Waals surface area contributed by atoms with E-state index in [9.17, 15) is 14.7 Å². The van der Waals surface area contributed by atoms with Crippen molar-refractivity contribution in [2.24, 2.45) is 0 Å². The number of hydrogen-bond acceptors (Lipinski definition) is 4. The monoisotopic (exact) mass is 292 g/mol. The Labute approximate surface area is 120 Å². The lowest BCUT2D eigenvalue weighted by molar-refractivity contribution is 0.100. The molecule has 0 aliphatic heterocycles. The Morgan fingerprint density at radius 1 is 1.35 bits per heavy atom. The second-order valence-corrected chi connectivity index (χ2v) is 4.74. The summed E-state index contributed by atoms with van der Waals surface area (Å²) >= 11 is 5.98. The van der Waals surface area contributed by atoms with E-state index in [0.29, 0.717) is 10.6 Å². The van der Waals surface area contributed by atoms with E-state index < -0.39 is 6.10 Å². The topological polar surface area (TPSA) is 72.2 Å². The van der Waals surface area contributed by atoms with Crippen molar-refractivity contribution in [2.45, 2.75) is 19.6 Å². The zero-order valence-corrected chi connectivity index (χ0v) is 11.5. The van der Waals surface area contributed by atoms with E-state index in [-0.39, 0.29) is 23.6 Å². The van der Waals surface area contributed by atoms with Crippen LogP contribution in [0.15, 0.2) is 41.2 Å². The van der Waals surface area contributed by atoms with Gasteiger partial charge in [-0.25, -0.2) is 4.68 Å². The summed E-state index contributed by atoms with van der Waals surface area (Å²) in [7, 11) is 0. The summed E-state index contributed by atoms with van der Waals surface area (Å²) in [6.45, 7) is 1.30. The number of carbonyl (C=O) groups is 1. The number of aliphatic hydroxyl groups excluding tert-OH is 1. The van der Waals surface area contributed by atoms with Gasteiger partial charge in [0.25, 0.3) is 5.56 Å². The standard InChI is InChI=1S/C14H13ClN2O3/c1-9(18)12-6-7-14(20)17(16-12)8-13(19)10-4-2-3-5-11(10)15/h2-7,13,19H,8H2,1H3/t13-/m0/s1. The molecule has 0 aliphatic carbocycles. The maximum Gasteiger partial charge on any atom is 0.266 e. The summed E-state index contributed by atoms with van der Waals surface area (Å²) in [5.74, 6) is -0.244. The van der Waals surface area contributed by atoms with Crippen molar-refractivity contribution in [3.05, 3.63) is 63.0 Å². The van der Waals surface area contributed by atoms with Crippen LogP contribution in [0.1, 0.15) is 29.1 Å². The highest BCUT2D eigenvalue weighted by atomic mass is 35.5. The molecule has 0 aliphatic rings. The second kappa shape index (κ2) is 5.98. The van der Waals surface area contributed by atoms with Gasteiger partial charge < -0.3 is 5.11 Å². The van der Waals surface area contributed by atoms with E-state index >= 15 is 0 Å². The van der Waals surface area contributed by atoms with Gasteiger partial charge in [-0.15, -0.1) is 0 Å². The van der Waals surface area contributed by atoms with Crippen LogP contribution in [0.5, 0.6) is 0 Å². The summed E-state index contributed by atoms with van der Waals surface area (Å²) < 4.78 is 1.06. The van der Waals surface area contributed by atoms with Crippen molar-refractivity contribution >= 4 is 17.4 Å². The average molecular weight is 293 g/mol. The normalized spacial score (nSPS) is 12.2. The van der Waals surface area contributed by atoms with Gasteiger partial charge in [-0.1, -0.05) is 29.8 Å². The van der Waals surface area contributed by atoms with Crippen molar-refractivity contribution in [3.8, 4) is 0 Å². The van der Waals surface area contributed by atoms with E-state index in [1.54, 1.807) is 24.3 Å². The van der Waals surface area contributed by atoms with Crippen LogP contribution < -0.4 is 5.56 Å². The first-order valence-electron chi connectivity index (χ1n) is 6.00. The zero-order chi connectivity index (χ0) is 14.7. The Morgan fingerprint density at radius 2 is 2.05 bits per heavy atom. The molecular weight excluding hydrogens is 280 g/mol. The van der Waals surface area contributed by atoms with Crippen LogP contribution in [-0.4, -0.2) is 20.7 Å². The summed E-state index contributed by atoms with van der Waals surface area (Å²) in [4.78, 5) is 22.9. The molecule has 20 heavy (non-hydrogen) atoms. The Kier molecular flexibility index (Phi) is 4.32. The summed E-state index contributed by atoms with van der Waals surface area (Å²) in [5, 5.41) is 14.5. The van der Waals surface area contributed by atoms with Crippen molar-refractivity contribution in [1.82, 2.24) is 9.78 Å². The quantitative estimate of drug-likeness (QED) is 0.873. The van der Waals surface area contributed by atoms with Crippen LogP contribution in [0.3, 0.4) is 0 Å². The molecule has 104 valence electrons. The lowest BCUT2D eigenvalue weighted by Gasteiger charge is -2.13. The van der Waals surface area contributed by atoms with Crippen molar-refractivity contribution < 1.29 is 9.90 Å². The molecule has 0 saturated carbocycles. The van der Waals surface area contributed by atoms with Crippen molar-refractivity contribution in [3.63, 3.8) is 0 Å². The predicted molar refractivity (Wildman–Crippen MR) is 74.9 cm³/mol. The molecule has 1 N–H and O–H groups in total. The minimum atomic E-state index is -0.976. The second-order valence-electron chi connectivity index (χ2n) is 4.33. The van der Waals surface area contributed by atoms with Crippen molar-refractivity contribution in [2.75, 3.05) is 0 Å². The Morgan fingerprint density at radius 3 is 2.70 bits per heavy atom. The van der Waals surface area contributed by atoms with Gasteiger partial charge in [0.2, 0.25) is 0 Å². The Hall–Kier alpha value is -1.98. The van der Waals surface area contributed by atoms with E-state index in [0.717, 1.165) is 4.68 Å². The number of aliphatic hydroxyl groups is 1. The Bertz CT molecular complexity index is 697. The molecule has 2 rings (SSSR count). The number of rotatable bonds is 4. The third-order valence-electron chi connectivity index (χ3n) is 2.84. The number of nitrogens with zero attached hydrogens (tertiary/aromatic N) is 2. The van der Waals surface area contributed by atoms with Gasteiger partial charge in [-0.3, -0.25) is 9.59 Å². The van der Waals surface area contributed by atoms with Gasteiger partial charge in [-0.05, 0) is 12.1 Å². The molecule has 0 amide bonds. The molecule has 6 heteroatoms. The molecule has 0 bridgehead atoms. The lowest BCUT2D eigenvalue weighted by Crippen LogP contribution is -2.26. The number of aromatic nitrogens is 2. The third-order valence-corrected chi connectivity index (χ3v) is 3.18. The summed E-state index contributed by atoms with van der Waals surface area (Å²) in [6.07, 6.45) is -0.976. The van der Waals surface area contributed by atoms with Crippen LogP contribution in [0.25, 0.3) is 0 Å². The first kappa shape index (κ1) is 14.4. The lowest BCUT2D eigenvalue weighted by atomic mass is 10.1. The number of benzene rings is 1. The Balaban J connectivity index is 2.30. The number of hydrogen-bond donors (Lipinski definition) is 1. The molecule has 5 nitrogen and oxygen atoms in total. The van der Waals surface area contributed by atoms with Crippen LogP contribution >= 0.6 is 11.6 Å². The van der Waals surface area contributed by atoms with Crippen molar-refractivity contribution in [1.29, 1.82) is 0 Å². The van der Waals surface area contributed by atoms with Gasteiger partial charge in [-0.2, -0.15) is 5.10 Å². The fourth-order valence-electron chi connectivity index (χ4n) is 1.77. The van der Waals surface area contributed by atoms with Gasteiger partial charge in [0.05, 0.1) is 6.54 Å². The minimum Gasteiger partial charge on any atom is -0.386 e. The van der Waals surface area contributed by atoms with E-state index in [4.69, 9.17) is 11.6 Å². The molecule has 0 saturated heterocycles. The highest BCUT2D eigenvalue weighted by molar-refractivity contribution is 6.31. The third kappa shape index (κ3) is 3.12. The smallest absolute Gasteiger partial charge is 0.266 e. The number of carbonyl (C=O) groups excluding carboxylic acids is 1. The molecule has 1 heterocycles. The van der Waals surface area contributed by atoms with Crippen LogP contribution in [-0.2, 0) is 6.54 Å². The number of halogens is 1. The average Bonchev–Trinajstić information content (AvgIpc) is 2.41. The summed E-state index contributed by atoms with van der Waals surface area (Å²) in [6, 6.07) is 9.44. The van der Waals surface area contributed by atoms with Crippen LogP contribution in [0, 0.1) is 0 Å². The van der Waals surface area contributed by atoms with E-state index in [1.165, 1.54) is 19.1 Å². The highest BCUT2D eigenvalue weighted by Crippen LogP contribution is 2.23. The molecule has 1 aromatic carbocycles. The largest absolute Gasteiger partial charge is 0.386 e. The molecule has 1 aromatic heterocycles.